The smallest absolute Gasteiger partial charge is 0.130 e. The van der Waals surface area contributed by atoms with Gasteiger partial charge in [0.15, 0.2) is 0 Å². The first-order valence-electron chi connectivity index (χ1n) is 6.28. The molecular formula is C17H12ClFO. The summed E-state index contributed by atoms with van der Waals surface area (Å²) in [6, 6.07) is 17.7. The van der Waals surface area contributed by atoms with E-state index in [1.807, 2.05) is 36.4 Å². The van der Waals surface area contributed by atoms with Crippen molar-refractivity contribution >= 4 is 22.4 Å². The van der Waals surface area contributed by atoms with Gasteiger partial charge in [-0.25, -0.2) is 4.39 Å². The van der Waals surface area contributed by atoms with E-state index in [2.05, 4.69) is 0 Å². The van der Waals surface area contributed by atoms with Gasteiger partial charge in [0.1, 0.15) is 11.9 Å². The summed E-state index contributed by atoms with van der Waals surface area (Å²) in [5, 5.41) is 12.6. The summed E-state index contributed by atoms with van der Waals surface area (Å²) in [5.41, 5.74) is 0.764. The Labute approximate surface area is 121 Å². The highest BCUT2D eigenvalue weighted by Crippen LogP contribution is 2.33. The van der Waals surface area contributed by atoms with Crippen LogP contribution in [-0.2, 0) is 0 Å². The maximum atomic E-state index is 13.9. The first kappa shape index (κ1) is 13.1. The highest BCUT2D eigenvalue weighted by atomic mass is 35.5. The Balaban J connectivity index is 2.21. The fourth-order valence-electron chi connectivity index (χ4n) is 2.42. The Bertz CT molecular complexity index is 744. The van der Waals surface area contributed by atoms with E-state index in [1.165, 1.54) is 12.1 Å². The third-order valence-corrected chi connectivity index (χ3v) is 3.72. The topological polar surface area (TPSA) is 20.2 Å². The van der Waals surface area contributed by atoms with Gasteiger partial charge in [-0.15, -0.1) is 0 Å². The van der Waals surface area contributed by atoms with E-state index in [0.29, 0.717) is 5.56 Å². The average molecular weight is 287 g/mol. The van der Waals surface area contributed by atoms with E-state index in [1.54, 1.807) is 12.1 Å². The van der Waals surface area contributed by atoms with Crippen molar-refractivity contribution in [3.8, 4) is 0 Å². The Hall–Kier alpha value is -1.90. The predicted octanol–water partition coefficient (Wildman–Crippen LogP) is 4.71. The SMILES string of the molecule is OC(c1c(F)cccc1Cl)c1cccc2ccccc12. The second-order valence-electron chi connectivity index (χ2n) is 4.61. The molecule has 3 aromatic rings. The molecule has 0 spiro atoms. The lowest BCUT2D eigenvalue weighted by Gasteiger charge is -2.16. The highest BCUT2D eigenvalue weighted by molar-refractivity contribution is 6.31. The summed E-state index contributed by atoms with van der Waals surface area (Å²) in [4.78, 5) is 0. The molecular weight excluding hydrogens is 275 g/mol. The van der Waals surface area contributed by atoms with E-state index in [4.69, 9.17) is 11.6 Å². The van der Waals surface area contributed by atoms with Crippen molar-refractivity contribution in [2.24, 2.45) is 0 Å². The summed E-state index contributed by atoms with van der Waals surface area (Å²) in [6.45, 7) is 0. The van der Waals surface area contributed by atoms with Crippen molar-refractivity contribution in [3.63, 3.8) is 0 Å². The molecule has 0 saturated carbocycles. The molecule has 0 saturated heterocycles. The molecule has 0 fully saturated rings. The molecule has 3 aromatic carbocycles. The molecule has 1 nitrogen and oxygen atoms in total. The number of rotatable bonds is 2. The Morgan fingerprint density at radius 3 is 2.40 bits per heavy atom. The van der Waals surface area contributed by atoms with Crippen molar-refractivity contribution < 1.29 is 9.50 Å². The number of aliphatic hydroxyl groups excluding tert-OH is 1. The summed E-state index contributed by atoms with van der Waals surface area (Å²) in [6.07, 6.45) is -1.09. The Kier molecular flexibility index (Phi) is 3.43. The lowest BCUT2D eigenvalue weighted by molar-refractivity contribution is 0.216. The van der Waals surface area contributed by atoms with Gasteiger partial charge < -0.3 is 5.11 Å². The number of hydrogen-bond donors (Lipinski definition) is 1. The van der Waals surface area contributed by atoms with Crippen molar-refractivity contribution in [2.45, 2.75) is 6.10 Å². The second-order valence-corrected chi connectivity index (χ2v) is 5.01. The van der Waals surface area contributed by atoms with Gasteiger partial charge in [-0.3, -0.25) is 0 Å². The van der Waals surface area contributed by atoms with Gasteiger partial charge >= 0.3 is 0 Å². The van der Waals surface area contributed by atoms with Crippen LogP contribution in [-0.4, -0.2) is 5.11 Å². The number of fused-ring (bicyclic) bond motifs is 1. The van der Waals surface area contributed by atoms with Gasteiger partial charge in [0, 0.05) is 10.6 Å². The van der Waals surface area contributed by atoms with Gasteiger partial charge in [-0.2, -0.15) is 0 Å². The zero-order valence-corrected chi connectivity index (χ0v) is 11.3. The second kappa shape index (κ2) is 5.23. The van der Waals surface area contributed by atoms with Crippen LogP contribution in [0, 0.1) is 5.82 Å². The normalized spacial score (nSPS) is 12.6. The molecule has 1 unspecified atom stereocenters. The molecule has 0 radical (unpaired) electrons. The van der Waals surface area contributed by atoms with Crippen LogP contribution in [0.3, 0.4) is 0 Å². The third-order valence-electron chi connectivity index (χ3n) is 3.39. The zero-order valence-electron chi connectivity index (χ0n) is 10.6. The fraction of sp³-hybridized carbons (Fsp3) is 0.0588. The van der Waals surface area contributed by atoms with Crippen LogP contribution in [0.25, 0.3) is 10.8 Å². The van der Waals surface area contributed by atoms with E-state index in [9.17, 15) is 9.50 Å². The van der Waals surface area contributed by atoms with Gasteiger partial charge in [-0.1, -0.05) is 60.1 Å². The average Bonchev–Trinajstić information content (AvgIpc) is 2.46. The van der Waals surface area contributed by atoms with E-state index in [0.717, 1.165) is 10.8 Å². The molecule has 0 heterocycles. The minimum absolute atomic E-state index is 0.116. The fourth-order valence-corrected chi connectivity index (χ4v) is 2.68. The summed E-state index contributed by atoms with van der Waals surface area (Å²) >= 11 is 6.03. The van der Waals surface area contributed by atoms with Gasteiger partial charge in [0.2, 0.25) is 0 Å². The molecule has 1 N–H and O–H groups in total. The van der Waals surface area contributed by atoms with Crippen molar-refractivity contribution in [2.75, 3.05) is 0 Å². The van der Waals surface area contributed by atoms with Crippen LogP contribution >= 0.6 is 11.6 Å². The lowest BCUT2D eigenvalue weighted by Crippen LogP contribution is -2.04. The monoisotopic (exact) mass is 286 g/mol. The molecule has 0 amide bonds. The summed E-state index contributed by atoms with van der Waals surface area (Å²) in [7, 11) is 0. The summed E-state index contributed by atoms with van der Waals surface area (Å²) < 4.78 is 13.9. The number of halogens is 2. The Morgan fingerprint density at radius 2 is 1.60 bits per heavy atom. The van der Waals surface area contributed by atoms with E-state index in [-0.39, 0.29) is 10.6 Å². The maximum Gasteiger partial charge on any atom is 0.130 e. The van der Waals surface area contributed by atoms with Crippen molar-refractivity contribution in [1.29, 1.82) is 0 Å². The van der Waals surface area contributed by atoms with Crippen LogP contribution in [0.15, 0.2) is 60.7 Å². The van der Waals surface area contributed by atoms with Crippen LogP contribution in [0.4, 0.5) is 4.39 Å². The molecule has 0 aliphatic carbocycles. The van der Waals surface area contributed by atoms with Gasteiger partial charge in [0.25, 0.3) is 0 Å². The molecule has 1 atom stereocenters. The number of benzene rings is 3. The van der Waals surface area contributed by atoms with Crippen molar-refractivity contribution in [3.05, 3.63) is 82.6 Å². The van der Waals surface area contributed by atoms with Gasteiger partial charge in [-0.05, 0) is 28.5 Å². The molecule has 0 aliphatic rings. The van der Waals surface area contributed by atoms with E-state index < -0.39 is 11.9 Å². The number of aliphatic hydroxyl groups is 1. The van der Waals surface area contributed by atoms with Gasteiger partial charge in [0.05, 0.1) is 0 Å². The quantitative estimate of drug-likeness (QED) is 0.723. The molecule has 0 aliphatic heterocycles. The molecule has 0 aromatic heterocycles. The minimum Gasteiger partial charge on any atom is -0.383 e. The van der Waals surface area contributed by atoms with Crippen LogP contribution in [0.5, 0.6) is 0 Å². The molecule has 0 bridgehead atoms. The molecule has 3 heteroatoms. The van der Waals surface area contributed by atoms with Crippen LogP contribution in [0.2, 0.25) is 5.02 Å². The number of hydrogen-bond acceptors (Lipinski definition) is 1. The van der Waals surface area contributed by atoms with Crippen LogP contribution in [0.1, 0.15) is 17.2 Å². The van der Waals surface area contributed by atoms with Crippen LogP contribution < -0.4 is 0 Å². The highest BCUT2D eigenvalue weighted by Gasteiger charge is 2.19. The lowest BCUT2D eigenvalue weighted by atomic mass is 9.95. The maximum absolute atomic E-state index is 13.9. The van der Waals surface area contributed by atoms with Crippen molar-refractivity contribution in [1.82, 2.24) is 0 Å². The molecule has 100 valence electrons. The minimum atomic E-state index is -1.09. The van der Waals surface area contributed by atoms with E-state index >= 15 is 0 Å². The third kappa shape index (κ3) is 2.17. The molecule has 3 rings (SSSR count). The first-order valence-corrected chi connectivity index (χ1v) is 6.66. The Morgan fingerprint density at radius 1 is 0.900 bits per heavy atom. The summed E-state index contributed by atoms with van der Waals surface area (Å²) in [5.74, 6) is -0.502. The largest absolute Gasteiger partial charge is 0.383 e. The standard InChI is InChI=1S/C17H12ClFO/c18-14-9-4-10-15(19)16(14)17(20)13-8-3-6-11-5-1-2-7-12(11)13/h1-10,17,20H. The first-order chi connectivity index (χ1) is 9.68. The zero-order chi connectivity index (χ0) is 14.1. The molecule has 20 heavy (non-hydrogen) atoms. The predicted molar refractivity (Wildman–Crippen MR) is 79.4 cm³/mol.